The van der Waals surface area contributed by atoms with Gasteiger partial charge >= 0.3 is 0 Å². The summed E-state index contributed by atoms with van der Waals surface area (Å²) in [5.41, 5.74) is 1.74. The zero-order valence-corrected chi connectivity index (χ0v) is 13.9. The molecule has 0 unspecified atom stereocenters. The summed E-state index contributed by atoms with van der Waals surface area (Å²) in [4.78, 5) is 11.6. The molecule has 0 aliphatic heterocycles. The van der Waals surface area contributed by atoms with E-state index in [1.807, 2.05) is 36.4 Å². The number of carbonyl (C=O) groups excluding carboxylic acids is 1. The molecule has 0 fully saturated rings. The van der Waals surface area contributed by atoms with E-state index < -0.39 is 0 Å². The third-order valence-corrected chi connectivity index (χ3v) is 3.93. The summed E-state index contributed by atoms with van der Waals surface area (Å²) in [6.07, 6.45) is 0. The minimum atomic E-state index is -0.0481. The fraction of sp³-hybridized carbons (Fsp3) is 0.312. The van der Waals surface area contributed by atoms with Crippen LogP contribution in [0.5, 0.6) is 5.75 Å². The Bertz CT molecular complexity index is 617. The number of benzene rings is 1. The Morgan fingerprint density at radius 1 is 1.13 bits per heavy atom. The van der Waals surface area contributed by atoms with E-state index in [1.165, 1.54) is 11.8 Å². The number of methoxy groups -OCH3 is 2. The van der Waals surface area contributed by atoms with Crippen LogP contribution in [-0.2, 0) is 9.53 Å². The highest BCUT2D eigenvalue weighted by Gasteiger charge is 2.05. The molecule has 0 bridgehead atoms. The lowest BCUT2D eigenvalue weighted by atomic mass is 10.1. The fourth-order valence-corrected chi connectivity index (χ4v) is 2.44. The molecule has 2 aromatic rings. The van der Waals surface area contributed by atoms with E-state index >= 15 is 0 Å². The molecule has 1 heterocycles. The summed E-state index contributed by atoms with van der Waals surface area (Å²) in [7, 11) is 3.23. The average molecular weight is 333 g/mol. The molecule has 23 heavy (non-hydrogen) atoms. The minimum absolute atomic E-state index is 0.0481. The standard InChI is InChI=1S/C16H19N3O3S/c1-21-10-9-17-15(20)11-23-16-8-7-14(18-19-16)12-3-5-13(22-2)6-4-12/h3-8H,9-11H2,1-2H3,(H,17,20). The normalized spacial score (nSPS) is 10.3. The maximum atomic E-state index is 11.6. The van der Waals surface area contributed by atoms with E-state index in [-0.39, 0.29) is 5.91 Å². The molecule has 6 nitrogen and oxygen atoms in total. The van der Waals surface area contributed by atoms with Gasteiger partial charge in [-0.15, -0.1) is 10.2 Å². The van der Waals surface area contributed by atoms with Crippen molar-refractivity contribution in [2.24, 2.45) is 0 Å². The van der Waals surface area contributed by atoms with Gasteiger partial charge in [0.2, 0.25) is 5.91 Å². The number of aromatic nitrogens is 2. The first kappa shape index (κ1) is 17.2. The van der Waals surface area contributed by atoms with Crippen molar-refractivity contribution in [3.63, 3.8) is 0 Å². The smallest absolute Gasteiger partial charge is 0.230 e. The van der Waals surface area contributed by atoms with Gasteiger partial charge in [-0.25, -0.2) is 0 Å². The maximum Gasteiger partial charge on any atom is 0.230 e. The lowest BCUT2D eigenvalue weighted by molar-refractivity contribution is -0.118. The monoisotopic (exact) mass is 333 g/mol. The van der Waals surface area contributed by atoms with Crippen LogP contribution in [0.15, 0.2) is 41.4 Å². The van der Waals surface area contributed by atoms with Gasteiger partial charge in [0.05, 0.1) is 25.2 Å². The highest BCUT2D eigenvalue weighted by molar-refractivity contribution is 7.99. The van der Waals surface area contributed by atoms with Crippen molar-refractivity contribution in [2.75, 3.05) is 33.1 Å². The second kappa shape index (κ2) is 9.12. The van der Waals surface area contributed by atoms with Crippen molar-refractivity contribution < 1.29 is 14.3 Å². The summed E-state index contributed by atoms with van der Waals surface area (Å²) in [6, 6.07) is 11.4. The van der Waals surface area contributed by atoms with E-state index in [9.17, 15) is 4.79 Å². The van der Waals surface area contributed by atoms with Gasteiger partial charge in [-0.3, -0.25) is 4.79 Å². The van der Waals surface area contributed by atoms with Gasteiger partial charge in [-0.2, -0.15) is 0 Å². The van der Waals surface area contributed by atoms with Crippen molar-refractivity contribution >= 4 is 17.7 Å². The van der Waals surface area contributed by atoms with E-state index in [0.717, 1.165) is 17.0 Å². The average Bonchev–Trinajstić information content (AvgIpc) is 2.61. The Morgan fingerprint density at radius 3 is 2.52 bits per heavy atom. The number of thioether (sulfide) groups is 1. The summed E-state index contributed by atoms with van der Waals surface area (Å²) >= 11 is 1.35. The van der Waals surface area contributed by atoms with Gasteiger partial charge in [0.25, 0.3) is 0 Å². The molecule has 2 rings (SSSR count). The Labute approximate surface area is 139 Å². The van der Waals surface area contributed by atoms with Crippen molar-refractivity contribution in [3.05, 3.63) is 36.4 Å². The number of hydrogen-bond acceptors (Lipinski definition) is 6. The Kier molecular flexibility index (Phi) is 6.83. The maximum absolute atomic E-state index is 11.6. The van der Waals surface area contributed by atoms with Crippen molar-refractivity contribution in [1.29, 1.82) is 0 Å². The SMILES string of the molecule is COCCNC(=O)CSc1ccc(-c2ccc(OC)cc2)nn1. The third kappa shape index (κ3) is 5.54. The Morgan fingerprint density at radius 2 is 1.91 bits per heavy atom. The molecule has 0 spiro atoms. The molecule has 0 saturated carbocycles. The van der Waals surface area contributed by atoms with E-state index in [4.69, 9.17) is 9.47 Å². The predicted molar refractivity (Wildman–Crippen MR) is 89.6 cm³/mol. The van der Waals surface area contributed by atoms with Crippen LogP contribution < -0.4 is 10.1 Å². The molecule has 1 aromatic heterocycles. The summed E-state index contributed by atoms with van der Waals surface area (Å²) < 4.78 is 10.0. The zero-order valence-electron chi connectivity index (χ0n) is 13.1. The second-order valence-electron chi connectivity index (χ2n) is 4.62. The quantitative estimate of drug-likeness (QED) is 0.588. The van der Waals surface area contributed by atoms with Gasteiger partial charge in [0.1, 0.15) is 10.8 Å². The van der Waals surface area contributed by atoms with Crippen LogP contribution in [0.4, 0.5) is 0 Å². The van der Waals surface area contributed by atoms with E-state index in [1.54, 1.807) is 14.2 Å². The van der Waals surface area contributed by atoms with E-state index in [0.29, 0.717) is 23.9 Å². The lowest BCUT2D eigenvalue weighted by Gasteiger charge is -2.05. The fourth-order valence-electron chi connectivity index (χ4n) is 1.80. The number of nitrogens with zero attached hydrogens (tertiary/aromatic N) is 2. The lowest BCUT2D eigenvalue weighted by Crippen LogP contribution is -2.28. The number of rotatable bonds is 8. The van der Waals surface area contributed by atoms with Crippen molar-refractivity contribution in [1.82, 2.24) is 15.5 Å². The van der Waals surface area contributed by atoms with Crippen LogP contribution in [0.3, 0.4) is 0 Å². The van der Waals surface area contributed by atoms with Crippen LogP contribution in [0.25, 0.3) is 11.3 Å². The molecular formula is C16H19N3O3S. The second-order valence-corrected chi connectivity index (χ2v) is 5.61. The zero-order chi connectivity index (χ0) is 16.5. The van der Waals surface area contributed by atoms with Crippen LogP contribution >= 0.6 is 11.8 Å². The molecule has 1 N–H and O–H groups in total. The number of carbonyl (C=O) groups is 1. The van der Waals surface area contributed by atoms with Crippen LogP contribution in [0.1, 0.15) is 0 Å². The van der Waals surface area contributed by atoms with Gasteiger partial charge in [-0.05, 0) is 36.4 Å². The van der Waals surface area contributed by atoms with Gasteiger partial charge in [0.15, 0.2) is 0 Å². The Hall–Kier alpha value is -2.12. The highest BCUT2D eigenvalue weighted by atomic mass is 32.2. The molecule has 0 radical (unpaired) electrons. The van der Waals surface area contributed by atoms with Crippen LogP contribution in [-0.4, -0.2) is 49.2 Å². The third-order valence-electron chi connectivity index (χ3n) is 3.01. The number of hydrogen-bond donors (Lipinski definition) is 1. The molecule has 0 aliphatic rings. The van der Waals surface area contributed by atoms with Crippen LogP contribution in [0, 0.1) is 0 Å². The minimum Gasteiger partial charge on any atom is -0.497 e. The van der Waals surface area contributed by atoms with Gasteiger partial charge < -0.3 is 14.8 Å². The van der Waals surface area contributed by atoms with Gasteiger partial charge in [-0.1, -0.05) is 11.8 Å². The number of amides is 1. The molecule has 1 aromatic carbocycles. The first-order chi connectivity index (χ1) is 11.2. The number of nitrogens with one attached hydrogen (secondary N) is 1. The first-order valence-electron chi connectivity index (χ1n) is 7.09. The summed E-state index contributed by atoms with van der Waals surface area (Å²) in [6.45, 7) is 1.02. The molecule has 7 heteroatoms. The van der Waals surface area contributed by atoms with Crippen molar-refractivity contribution in [2.45, 2.75) is 5.03 Å². The summed E-state index contributed by atoms with van der Waals surface area (Å²) in [5, 5.41) is 11.8. The van der Waals surface area contributed by atoms with Gasteiger partial charge in [0, 0.05) is 19.2 Å². The van der Waals surface area contributed by atoms with Crippen LogP contribution in [0.2, 0.25) is 0 Å². The topological polar surface area (TPSA) is 73.3 Å². The highest BCUT2D eigenvalue weighted by Crippen LogP contribution is 2.22. The summed E-state index contributed by atoms with van der Waals surface area (Å²) in [5.74, 6) is 1.06. The van der Waals surface area contributed by atoms with E-state index in [2.05, 4.69) is 15.5 Å². The first-order valence-corrected chi connectivity index (χ1v) is 8.08. The predicted octanol–water partition coefficient (Wildman–Crippen LogP) is 2.01. The number of ether oxygens (including phenoxy) is 2. The Balaban J connectivity index is 1.87. The molecule has 0 aliphatic carbocycles. The van der Waals surface area contributed by atoms with Crippen molar-refractivity contribution in [3.8, 4) is 17.0 Å². The molecule has 0 atom stereocenters. The molecule has 122 valence electrons. The molecule has 1 amide bonds. The molecular weight excluding hydrogens is 314 g/mol. The largest absolute Gasteiger partial charge is 0.497 e. The molecule has 0 saturated heterocycles.